The molecule has 0 aliphatic carbocycles. The summed E-state index contributed by atoms with van der Waals surface area (Å²) in [5, 5.41) is 0.339. The lowest BCUT2D eigenvalue weighted by atomic mass is 10.1. The number of nitrogens with zero attached hydrogens (tertiary/aromatic N) is 2. The van der Waals surface area contributed by atoms with E-state index in [0.717, 1.165) is 6.42 Å². The summed E-state index contributed by atoms with van der Waals surface area (Å²) in [4.78, 5) is 27.2. The number of rotatable bonds is 5. The Morgan fingerprint density at radius 1 is 1.30 bits per heavy atom. The van der Waals surface area contributed by atoms with Crippen LogP contribution >= 0.6 is 11.6 Å². The van der Waals surface area contributed by atoms with E-state index in [1.54, 1.807) is 26.2 Å². The molecule has 1 rings (SSSR count). The number of nitrogens with two attached hydrogens (primary N) is 1. The largest absolute Gasteiger partial charge is 0.398 e. The first kappa shape index (κ1) is 16.3. The third kappa shape index (κ3) is 4.13. The molecule has 0 atom stereocenters. The molecule has 1 aromatic rings. The first-order chi connectivity index (χ1) is 9.36. The van der Waals surface area contributed by atoms with E-state index in [4.69, 9.17) is 17.3 Å². The predicted molar refractivity (Wildman–Crippen MR) is 80.8 cm³/mol. The van der Waals surface area contributed by atoms with E-state index in [0.29, 0.717) is 22.8 Å². The first-order valence-corrected chi connectivity index (χ1v) is 6.79. The summed E-state index contributed by atoms with van der Waals surface area (Å²) in [5.74, 6) is -0.336. The molecular formula is C14H20ClN3O2. The maximum Gasteiger partial charge on any atom is 0.254 e. The normalized spacial score (nSPS) is 10.2. The average molecular weight is 298 g/mol. The second-order valence-electron chi connectivity index (χ2n) is 4.75. The second kappa shape index (κ2) is 7.14. The van der Waals surface area contributed by atoms with Gasteiger partial charge in [0.25, 0.3) is 5.91 Å². The molecule has 0 aliphatic heterocycles. The van der Waals surface area contributed by atoms with Crippen LogP contribution in [0, 0.1) is 0 Å². The molecule has 0 saturated carbocycles. The Labute approximate surface area is 124 Å². The van der Waals surface area contributed by atoms with Crippen LogP contribution in [0.25, 0.3) is 0 Å². The number of halogens is 1. The summed E-state index contributed by atoms with van der Waals surface area (Å²) in [7, 11) is 3.33. The summed E-state index contributed by atoms with van der Waals surface area (Å²) in [5.41, 5.74) is 6.49. The van der Waals surface area contributed by atoms with Gasteiger partial charge in [0.2, 0.25) is 5.91 Å². The lowest BCUT2D eigenvalue weighted by Crippen LogP contribution is -2.40. The van der Waals surface area contributed by atoms with Crippen LogP contribution in [0.4, 0.5) is 5.69 Å². The zero-order valence-electron chi connectivity index (χ0n) is 12.0. The highest BCUT2D eigenvalue weighted by molar-refractivity contribution is 6.33. The summed E-state index contributed by atoms with van der Waals surface area (Å²) in [6.07, 6.45) is 0.773. The van der Waals surface area contributed by atoms with Crippen LogP contribution in [-0.4, -0.2) is 48.8 Å². The summed E-state index contributed by atoms with van der Waals surface area (Å²) in [6.45, 7) is 2.53. The molecule has 2 N–H and O–H groups in total. The fraction of sp³-hybridized carbons (Fsp3) is 0.429. The van der Waals surface area contributed by atoms with Gasteiger partial charge in [-0.05, 0) is 24.6 Å². The van der Waals surface area contributed by atoms with Crippen LogP contribution in [0.15, 0.2) is 18.2 Å². The van der Waals surface area contributed by atoms with Crippen LogP contribution in [0.2, 0.25) is 5.02 Å². The van der Waals surface area contributed by atoms with Gasteiger partial charge in [0.15, 0.2) is 0 Å². The topological polar surface area (TPSA) is 66.6 Å². The number of carbonyl (C=O) groups is 2. The molecule has 0 unspecified atom stereocenters. The van der Waals surface area contributed by atoms with Gasteiger partial charge in [-0.3, -0.25) is 9.59 Å². The minimum atomic E-state index is -0.219. The SMILES string of the molecule is CCCN(CC(=O)N(C)C)C(=O)c1ccc(N)c(Cl)c1. The van der Waals surface area contributed by atoms with Gasteiger partial charge in [-0.1, -0.05) is 18.5 Å². The molecule has 0 fully saturated rings. The number of anilines is 1. The third-order valence-electron chi connectivity index (χ3n) is 2.85. The zero-order valence-corrected chi connectivity index (χ0v) is 12.8. The van der Waals surface area contributed by atoms with E-state index in [-0.39, 0.29) is 18.4 Å². The van der Waals surface area contributed by atoms with Crippen LogP contribution < -0.4 is 5.73 Å². The van der Waals surface area contributed by atoms with E-state index in [2.05, 4.69) is 0 Å². The number of carbonyl (C=O) groups excluding carboxylic acids is 2. The lowest BCUT2D eigenvalue weighted by Gasteiger charge is -2.23. The van der Waals surface area contributed by atoms with Crippen molar-refractivity contribution in [3.63, 3.8) is 0 Å². The highest BCUT2D eigenvalue weighted by atomic mass is 35.5. The Balaban J connectivity index is 2.92. The van der Waals surface area contributed by atoms with Gasteiger partial charge in [-0.15, -0.1) is 0 Å². The maximum absolute atomic E-state index is 12.4. The number of amides is 2. The Kier molecular flexibility index (Phi) is 5.82. The molecule has 1 aromatic carbocycles. The van der Waals surface area contributed by atoms with Crippen molar-refractivity contribution in [2.45, 2.75) is 13.3 Å². The van der Waals surface area contributed by atoms with Gasteiger partial charge < -0.3 is 15.5 Å². The van der Waals surface area contributed by atoms with Crippen LogP contribution in [0.5, 0.6) is 0 Å². The molecule has 0 radical (unpaired) electrons. The molecule has 5 nitrogen and oxygen atoms in total. The molecule has 0 spiro atoms. The molecule has 6 heteroatoms. The minimum Gasteiger partial charge on any atom is -0.398 e. The van der Waals surface area contributed by atoms with Crippen molar-refractivity contribution >= 4 is 29.1 Å². The van der Waals surface area contributed by atoms with Crippen molar-refractivity contribution in [1.82, 2.24) is 9.80 Å². The fourth-order valence-electron chi connectivity index (χ4n) is 1.67. The molecule has 0 aliphatic rings. The molecule has 0 bridgehead atoms. The third-order valence-corrected chi connectivity index (χ3v) is 3.18. The Hall–Kier alpha value is -1.75. The molecule has 20 heavy (non-hydrogen) atoms. The second-order valence-corrected chi connectivity index (χ2v) is 5.16. The van der Waals surface area contributed by atoms with E-state index in [1.165, 1.54) is 15.9 Å². The predicted octanol–water partition coefficient (Wildman–Crippen LogP) is 1.86. The van der Waals surface area contributed by atoms with Gasteiger partial charge in [-0.2, -0.15) is 0 Å². The number of likely N-dealkylation sites (N-methyl/N-ethyl adjacent to an activating group) is 1. The molecular weight excluding hydrogens is 278 g/mol. The monoisotopic (exact) mass is 297 g/mol. The van der Waals surface area contributed by atoms with Crippen LogP contribution in [0.1, 0.15) is 23.7 Å². The highest BCUT2D eigenvalue weighted by Crippen LogP contribution is 2.20. The number of hydrogen-bond donors (Lipinski definition) is 1. The van der Waals surface area contributed by atoms with Gasteiger partial charge in [0, 0.05) is 26.2 Å². The molecule has 0 aromatic heterocycles. The number of nitrogen functional groups attached to an aromatic ring is 1. The molecule has 0 saturated heterocycles. The summed E-state index contributed by atoms with van der Waals surface area (Å²) in [6, 6.07) is 4.74. The average Bonchev–Trinajstić information content (AvgIpc) is 2.40. The van der Waals surface area contributed by atoms with Gasteiger partial charge in [-0.25, -0.2) is 0 Å². The smallest absolute Gasteiger partial charge is 0.254 e. The maximum atomic E-state index is 12.4. The number of benzene rings is 1. The van der Waals surface area contributed by atoms with E-state index in [1.807, 2.05) is 6.92 Å². The van der Waals surface area contributed by atoms with E-state index >= 15 is 0 Å². The first-order valence-electron chi connectivity index (χ1n) is 6.41. The molecule has 2 amide bonds. The van der Waals surface area contributed by atoms with Gasteiger partial charge >= 0.3 is 0 Å². The van der Waals surface area contributed by atoms with Gasteiger partial charge in [0.05, 0.1) is 10.7 Å². The summed E-state index contributed by atoms with van der Waals surface area (Å²) >= 11 is 5.92. The fourth-order valence-corrected chi connectivity index (χ4v) is 1.85. The van der Waals surface area contributed by atoms with Crippen molar-refractivity contribution in [2.75, 3.05) is 32.9 Å². The standard InChI is InChI=1S/C14H20ClN3O2/c1-4-7-18(9-13(19)17(2)3)14(20)10-5-6-12(16)11(15)8-10/h5-6,8H,4,7,9,16H2,1-3H3. The van der Waals surface area contributed by atoms with Gasteiger partial charge in [0.1, 0.15) is 6.54 Å². The van der Waals surface area contributed by atoms with Crippen LogP contribution in [0.3, 0.4) is 0 Å². The lowest BCUT2D eigenvalue weighted by molar-refractivity contribution is -0.129. The molecule has 0 heterocycles. The van der Waals surface area contributed by atoms with E-state index < -0.39 is 0 Å². The molecule has 110 valence electrons. The number of hydrogen-bond acceptors (Lipinski definition) is 3. The Bertz CT molecular complexity index is 503. The Morgan fingerprint density at radius 3 is 2.45 bits per heavy atom. The van der Waals surface area contributed by atoms with Crippen molar-refractivity contribution in [2.24, 2.45) is 0 Å². The zero-order chi connectivity index (χ0) is 15.3. The Morgan fingerprint density at radius 2 is 1.95 bits per heavy atom. The summed E-state index contributed by atoms with van der Waals surface area (Å²) < 4.78 is 0. The van der Waals surface area contributed by atoms with Crippen molar-refractivity contribution in [3.05, 3.63) is 28.8 Å². The van der Waals surface area contributed by atoms with Crippen molar-refractivity contribution in [1.29, 1.82) is 0 Å². The minimum absolute atomic E-state index is 0.0572. The van der Waals surface area contributed by atoms with Crippen LogP contribution in [-0.2, 0) is 4.79 Å². The van der Waals surface area contributed by atoms with E-state index in [9.17, 15) is 9.59 Å². The van der Waals surface area contributed by atoms with Crippen molar-refractivity contribution < 1.29 is 9.59 Å². The quantitative estimate of drug-likeness (QED) is 0.844. The van der Waals surface area contributed by atoms with Crippen molar-refractivity contribution in [3.8, 4) is 0 Å². The highest BCUT2D eigenvalue weighted by Gasteiger charge is 2.19.